The van der Waals surface area contributed by atoms with E-state index in [9.17, 15) is 0 Å². The molecule has 0 fully saturated rings. The first-order valence-electron chi connectivity index (χ1n) is 9.31. The Kier molecular flexibility index (Phi) is 5.15. The second kappa shape index (κ2) is 8.23. The Morgan fingerprint density at radius 2 is 1.21 bits per heavy atom. The molecule has 2 N–H and O–H groups in total. The van der Waals surface area contributed by atoms with Gasteiger partial charge in [-0.25, -0.2) is 9.97 Å². The lowest BCUT2D eigenvalue weighted by molar-refractivity contribution is 0.820. The first kappa shape index (κ1) is 18.1. The summed E-state index contributed by atoms with van der Waals surface area (Å²) in [4.78, 5) is 12.0. The zero-order valence-electron chi connectivity index (χ0n) is 15.5. The predicted molar refractivity (Wildman–Crippen MR) is 122 cm³/mol. The summed E-state index contributed by atoms with van der Waals surface area (Å²) < 4.78 is 0. The van der Waals surface area contributed by atoms with Gasteiger partial charge in [0.25, 0.3) is 0 Å². The Morgan fingerprint density at radius 3 is 1.69 bits per heavy atom. The van der Waals surface area contributed by atoms with Crippen LogP contribution in [-0.4, -0.2) is 9.97 Å². The van der Waals surface area contributed by atoms with Crippen LogP contribution in [0.25, 0.3) is 0 Å². The van der Waals surface area contributed by atoms with Crippen LogP contribution in [0.5, 0.6) is 0 Å². The quantitative estimate of drug-likeness (QED) is 0.564. The van der Waals surface area contributed by atoms with Gasteiger partial charge in [-0.1, -0.05) is 30.3 Å². The van der Waals surface area contributed by atoms with Gasteiger partial charge in [-0.2, -0.15) is 0 Å². The maximum Gasteiger partial charge on any atom is 0.139 e. The third-order valence-electron chi connectivity index (χ3n) is 4.58. The third kappa shape index (κ3) is 3.83. The van der Waals surface area contributed by atoms with Crippen molar-refractivity contribution in [3.63, 3.8) is 0 Å². The van der Waals surface area contributed by atoms with Crippen LogP contribution in [0.2, 0.25) is 0 Å². The van der Waals surface area contributed by atoms with E-state index in [4.69, 9.17) is 9.97 Å². The summed E-state index contributed by atoms with van der Waals surface area (Å²) in [7, 11) is 0. The highest BCUT2D eigenvalue weighted by atomic mass is 32.2. The number of aromatic nitrogens is 2. The summed E-state index contributed by atoms with van der Waals surface area (Å²) in [5.74, 6) is 1.69. The van der Waals surface area contributed by atoms with Crippen molar-refractivity contribution in [3.8, 4) is 0 Å². The Labute approximate surface area is 178 Å². The van der Waals surface area contributed by atoms with Gasteiger partial charge in [-0.05, 0) is 47.2 Å². The Hall–Kier alpha value is -2.90. The van der Waals surface area contributed by atoms with Crippen molar-refractivity contribution in [3.05, 3.63) is 101 Å². The molecule has 0 saturated carbocycles. The van der Waals surface area contributed by atoms with Gasteiger partial charge in [-0.15, -0.1) is 23.5 Å². The highest BCUT2D eigenvalue weighted by Crippen LogP contribution is 2.36. The van der Waals surface area contributed by atoms with Gasteiger partial charge < -0.3 is 10.6 Å². The number of hydrogen-bond acceptors (Lipinski definition) is 7. The molecule has 0 amide bonds. The fourth-order valence-electron chi connectivity index (χ4n) is 3.26. The van der Waals surface area contributed by atoms with E-state index in [1.807, 2.05) is 42.7 Å². The molecular weight excluding hydrogens is 398 g/mol. The molecule has 1 aromatic carbocycles. The molecule has 0 radical (unpaired) electrons. The molecule has 2 aliphatic heterocycles. The van der Waals surface area contributed by atoms with Crippen LogP contribution in [-0.2, 0) is 0 Å². The fourth-order valence-corrected chi connectivity index (χ4v) is 4.74. The zero-order valence-corrected chi connectivity index (χ0v) is 17.1. The minimum Gasteiger partial charge on any atom is -0.374 e. The molecule has 2 aliphatic rings. The fraction of sp³-hybridized carbons (Fsp3) is 0.0909. The molecule has 3 aromatic rings. The maximum absolute atomic E-state index is 4.96. The predicted octanol–water partition coefficient (Wildman–Crippen LogP) is 5.56. The summed E-state index contributed by atoms with van der Waals surface area (Å²) in [6.45, 7) is 0. The van der Waals surface area contributed by atoms with Gasteiger partial charge in [-0.3, -0.25) is 4.90 Å². The van der Waals surface area contributed by atoms with Crippen molar-refractivity contribution in [2.24, 2.45) is 0 Å². The van der Waals surface area contributed by atoms with Crippen LogP contribution in [0.15, 0.2) is 89.9 Å². The first-order chi connectivity index (χ1) is 14.4. The van der Waals surface area contributed by atoms with Crippen molar-refractivity contribution in [1.29, 1.82) is 0 Å². The lowest BCUT2D eigenvalue weighted by atomic mass is 10.2. The van der Waals surface area contributed by atoms with Crippen LogP contribution < -0.4 is 15.5 Å². The Bertz CT molecular complexity index is 972. The lowest BCUT2D eigenvalue weighted by Crippen LogP contribution is -2.17. The largest absolute Gasteiger partial charge is 0.374 e. The molecule has 5 nitrogen and oxygen atoms in total. The normalized spacial score (nSPS) is 19.7. The molecule has 2 aromatic heterocycles. The topological polar surface area (TPSA) is 53.1 Å². The van der Waals surface area contributed by atoms with E-state index < -0.39 is 0 Å². The molecule has 0 aliphatic carbocycles. The molecule has 0 bridgehead atoms. The van der Waals surface area contributed by atoms with E-state index in [0.29, 0.717) is 0 Å². The number of nitrogens with zero attached hydrogens (tertiary/aromatic N) is 3. The zero-order chi connectivity index (χ0) is 19.5. The highest BCUT2D eigenvalue weighted by molar-refractivity contribution is 8.02. The maximum atomic E-state index is 4.96. The number of benzene rings is 1. The number of thioether (sulfide) groups is 2. The van der Waals surface area contributed by atoms with E-state index in [2.05, 4.69) is 62.7 Å². The van der Waals surface area contributed by atoms with Crippen LogP contribution >= 0.6 is 23.5 Å². The van der Waals surface area contributed by atoms with Crippen LogP contribution in [0, 0.1) is 0 Å². The van der Waals surface area contributed by atoms with Gasteiger partial charge in [0.15, 0.2) is 0 Å². The Morgan fingerprint density at radius 1 is 0.655 bits per heavy atom. The molecule has 2 atom stereocenters. The molecule has 2 unspecified atom stereocenters. The number of nitrogens with one attached hydrogen (secondary N) is 2. The average molecular weight is 418 g/mol. The van der Waals surface area contributed by atoms with E-state index in [0.717, 1.165) is 28.7 Å². The molecule has 0 spiro atoms. The van der Waals surface area contributed by atoms with Crippen molar-refractivity contribution in [2.45, 2.75) is 10.7 Å². The van der Waals surface area contributed by atoms with Crippen molar-refractivity contribution in [1.82, 2.24) is 20.6 Å². The number of rotatable bonds is 5. The summed E-state index contributed by atoms with van der Waals surface area (Å²) in [5, 5.41) is 11.0. The lowest BCUT2D eigenvalue weighted by Gasteiger charge is -2.25. The molecular formula is C22H19N5S2. The third-order valence-corrected chi connectivity index (χ3v) is 6.47. The first-order valence-corrected chi connectivity index (χ1v) is 11.2. The van der Waals surface area contributed by atoms with E-state index >= 15 is 0 Å². The summed E-state index contributed by atoms with van der Waals surface area (Å²) in [6.07, 6.45) is 3.92. The van der Waals surface area contributed by atoms with E-state index in [1.54, 1.807) is 23.5 Å². The Balaban J connectivity index is 1.56. The second-order valence-corrected chi connectivity index (χ2v) is 8.51. The van der Waals surface area contributed by atoms with E-state index in [1.165, 1.54) is 0 Å². The smallest absolute Gasteiger partial charge is 0.139 e. The number of anilines is 3. The van der Waals surface area contributed by atoms with E-state index in [-0.39, 0.29) is 10.7 Å². The SMILES string of the molecule is C1=CSC(c2cccc(N(c3ccccc3)c3cccc(C4NC=CS4)n3)n2)N1. The molecule has 4 heterocycles. The van der Waals surface area contributed by atoms with Crippen LogP contribution in [0.3, 0.4) is 0 Å². The van der Waals surface area contributed by atoms with Crippen LogP contribution in [0.4, 0.5) is 17.3 Å². The van der Waals surface area contributed by atoms with Gasteiger partial charge in [0, 0.05) is 18.1 Å². The van der Waals surface area contributed by atoms with Crippen LogP contribution in [0.1, 0.15) is 22.1 Å². The minimum atomic E-state index is 0.136. The minimum absolute atomic E-state index is 0.136. The van der Waals surface area contributed by atoms with Crippen molar-refractivity contribution >= 4 is 40.8 Å². The summed E-state index contributed by atoms with van der Waals surface area (Å²) >= 11 is 3.44. The molecule has 5 rings (SSSR count). The van der Waals surface area contributed by atoms with Gasteiger partial charge in [0.2, 0.25) is 0 Å². The average Bonchev–Trinajstić information content (AvgIpc) is 3.50. The van der Waals surface area contributed by atoms with Gasteiger partial charge >= 0.3 is 0 Å². The number of pyridine rings is 2. The van der Waals surface area contributed by atoms with Gasteiger partial charge in [0.05, 0.1) is 11.4 Å². The molecule has 7 heteroatoms. The summed E-state index contributed by atoms with van der Waals surface area (Å²) in [6, 6.07) is 22.5. The van der Waals surface area contributed by atoms with Crippen molar-refractivity contribution in [2.75, 3.05) is 4.90 Å². The molecule has 29 heavy (non-hydrogen) atoms. The summed E-state index contributed by atoms with van der Waals surface area (Å²) in [5.41, 5.74) is 3.01. The second-order valence-electron chi connectivity index (χ2n) is 6.48. The van der Waals surface area contributed by atoms with Crippen molar-refractivity contribution < 1.29 is 0 Å². The number of hydrogen-bond donors (Lipinski definition) is 2. The number of para-hydroxylation sites is 1. The standard InChI is InChI=1S/C22H19N5S2/c1-2-6-16(7-3-1)27(19-10-4-8-17(25-19)21-23-12-14-28-21)20-11-5-9-18(26-20)22-24-13-15-29-22/h1-15,21-24H. The molecule has 0 saturated heterocycles. The molecule has 144 valence electrons. The monoisotopic (exact) mass is 417 g/mol. The highest BCUT2D eigenvalue weighted by Gasteiger charge is 2.21. The van der Waals surface area contributed by atoms with Gasteiger partial charge in [0.1, 0.15) is 22.4 Å².